The van der Waals surface area contributed by atoms with Crippen molar-refractivity contribution >= 4 is 0 Å². The molecule has 0 amide bonds. The Morgan fingerprint density at radius 2 is 2.18 bits per heavy atom. The van der Waals surface area contributed by atoms with Crippen LogP contribution in [0.3, 0.4) is 0 Å². The summed E-state index contributed by atoms with van der Waals surface area (Å²) in [6, 6.07) is 2.11. The van der Waals surface area contributed by atoms with E-state index in [0.717, 1.165) is 13.0 Å². The fourth-order valence-corrected chi connectivity index (χ4v) is 0.917. The van der Waals surface area contributed by atoms with Gasteiger partial charge in [-0.2, -0.15) is 5.26 Å². The van der Waals surface area contributed by atoms with Crippen LogP contribution in [0.25, 0.3) is 0 Å². The summed E-state index contributed by atoms with van der Waals surface area (Å²) in [5, 5.41) is 8.34. The van der Waals surface area contributed by atoms with Crippen LogP contribution in [0.5, 0.6) is 0 Å². The molecule has 0 aliphatic rings. The van der Waals surface area contributed by atoms with Gasteiger partial charge in [-0.1, -0.05) is 18.6 Å². The van der Waals surface area contributed by atoms with E-state index in [1.807, 2.05) is 20.2 Å². The maximum atomic E-state index is 8.34. The molecule has 0 saturated carbocycles. The van der Waals surface area contributed by atoms with Crippen molar-refractivity contribution in [3.05, 3.63) is 11.6 Å². The van der Waals surface area contributed by atoms with Crippen molar-refractivity contribution in [3.8, 4) is 6.07 Å². The Balaban J connectivity index is 3.86. The summed E-state index contributed by atoms with van der Waals surface area (Å²) in [4.78, 5) is 2.12. The summed E-state index contributed by atoms with van der Waals surface area (Å²) < 4.78 is 0. The summed E-state index contributed by atoms with van der Waals surface area (Å²) in [6.07, 6.45) is 3.59. The lowest BCUT2D eigenvalue weighted by atomic mass is 10.1. The summed E-state index contributed by atoms with van der Waals surface area (Å²) in [5.74, 6) is 0. The molecular weight excluding hydrogens is 136 g/mol. The lowest BCUT2D eigenvalue weighted by Crippen LogP contribution is -2.14. The molecule has 0 saturated heterocycles. The van der Waals surface area contributed by atoms with Crippen molar-refractivity contribution in [1.29, 1.82) is 5.26 Å². The van der Waals surface area contributed by atoms with E-state index in [1.54, 1.807) is 0 Å². The van der Waals surface area contributed by atoms with Gasteiger partial charge in [0.25, 0.3) is 0 Å². The van der Waals surface area contributed by atoms with Crippen LogP contribution in [0.4, 0.5) is 0 Å². The average molecular weight is 152 g/mol. The van der Waals surface area contributed by atoms with Gasteiger partial charge in [0.05, 0.1) is 12.5 Å². The molecule has 62 valence electrons. The third kappa shape index (κ3) is 5.63. The number of nitriles is 1. The molecule has 0 spiro atoms. The zero-order valence-corrected chi connectivity index (χ0v) is 7.59. The van der Waals surface area contributed by atoms with Crippen LogP contribution in [0.2, 0.25) is 0 Å². The zero-order valence-electron chi connectivity index (χ0n) is 7.59. The van der Waals surface area contributed by atoms with Gasteiger partial charge in [0.15, 0.2) is 0 Å². The predicted molar refractivity (Wildman–Crippen MR) is 47.2 cm³/mol. The van der Waals surface area contributed by atoms with Gasteiger partial charge in [-0.25, -0.2) is 0 Å². The monoisotopic (exact) mass is 152 g/mol. The summed E-state index contributed by atoms with van der Waals surface area (Å²) >= 11 is 0. The smallest absolute Gasteiger partial charge is 0.0663 e. The van der Waals surface area contributed by atoms with Crippen LogP contribution in [-0.4, -0.2) is 25.5 Å². The standard InChI is InChI=1S/C9H16N2/c1-4-9(6-5-7-10)8-11(2)3/h6H,4-5,8H2,1-3H3/b9-6-. The van der Waals surface area contributed by atoms with E-state index in [2.05, 4.69) is 17.9 Å². The minimum Gasteiger partial charge on any atom is -0.305 e. The Hall–Kier alpha value is -0.810. The summed E-state index contributed by atoms with van der Waals surface area (Å²) in [5.41, 5.74) is 1.34. The molecule has 0 bridgehead atoms. The van der Waals surface area contributed by atoms with Gasteiger partial charge < -0.3 is 4.90 Å². The molecule has 0 radical (unpaired) electrons. The minimum atomic E-state index is 0.539. The molecule has 0 fully saturated rings. The molecule has 0 aromatic carbocycles. The molecule has 0 heterocycles. The van der Waals surface area contributed by atoms with E-state index in [0.29, 0.717) is 6.42 Å². The van der Waals surface area contributed by atoms with Crippen molar-refractivity contribution in [2.75, 3.05) is 20.6 Å². The molecule has 11 heavy (non-hydrogen) atoms. The summed E-state index contributed by atoms with van der Waals surface area (Å²) in [7, 11) is 4.08. The largest absolute Gasteiger partial charge is 0.305 e. The van der Waals surface area contributed by atoms with Crippen LogP contribution in [0.1, 0.15) is 19.8 Å². The normalized spacial score (nSPS) is 11.7. The predicted octanol–water partition coefficient (Wildman–Crippen LogP) is 1.80. The maximum absolute atomic E-state index is 8.34. The number of allylic oxidation sites excluding steroid dienone is 1. The van der Waals surface area contributed by atoms with E-state index in [-0.39, 0.29) is 0 Å². The third-order valence-electron chi connectivity index (χ3n) is 1.46. The molecule has 2 nitrogen and oxygen atoms in total. The quantitative estimate of drug-likeness (QED) is 0.574. The molecular formula is C9H16N2. The van der Waals surface area contributed by atoms with Crippen LogP contribution in [0.15, 0.2) is 11.6 Å². The highest BCUT2D eigenvalue weighted by Gasteiger charge is 1.94. The van der Waals surface area contributed by atoms with Gasteiger partial charge in [0, 0.05) is 6.54 Å². The van der Waals surface area contributed by atoms with Gasteiger partial charge in [0.2, 0.25) is 0 Å². The Morgan fingerprint density at radius 1 is 1.55 bits per heavy atom. The van der Waals surface area contributed by atoms with Gasteiger partial charge in [-0.3, -0.25) is 0 Å². The molecule has 0 rings (SSSR count). The van der Waals surface area contributed by atoms with Crippen molar-refractivity contribution in [1.82, 2.24) is 4.90 Å². The maximum Gasteiger partial charge on any atom is 0.0663 e. The zero-order chi connectivity index (χ0) is 8.69. The molecule has 0 atom stereocenters. The molecule has 0 aliphatic carbocycles. The topological polar surface area (TPSA) is 27.0 Å². The van der Waals surface area contributed by atoms with Gasteiger partial charge in [0.1, 0.15) is 0 Å². The lowest BCUT2D eigenvalue weighted by Gasteiger charge is -2.10. The fraction of sp³-hybridized carbons (Fsp3) is 0.667. The van der Waals surface area contributed by atoms with Crippen LogP contribution in [-0.2, 0) is 0 Å². The third-order valence-corrected chi connectivity index (χ3v) is 1.46. The highest BCUT2D eigenvalue weighted by molar-refractivity contribution is 5.06. The second-order valence-corrected chi connectivity index (χ2v) is 2.82. The molecule has 0 unspecified atom stereocenters. The molecule has 0 aromatic rings. The van der Waals surface area contributed by atoms with E-state index >= 15 is 0 Å². The Bertz CT molecular complexity index is 163. The first kappa shape index (κ1) is 10.2. The number of nitrogens with zero attached hydrogens (tertiary/aromatic N) is 2. The second kappa shape index (κ2) is 5.94. The minimum absolute atomic E-state index is 0.539. The second-order valence-electron chi connectivity index (χ2n) is 2.82. The number of hydrogen-bond acceptors (Lipinski definition) is 2. The first-order valence-corrected chi connectivity index (χ1v) is 3.90. The lowest BCUT2D eigenvalue weighted by molar-refractivity contribution is 0.440. The Morgan fingerprint density at radius 3 is 2.55 bits per heavy atom. The first-order chi connectivity index (χ1) is 5.20. The SMILES string of the molecule is CC/C(=C/CC#N)CN(C)C. The highest BCUT2D eigenvalue weighted by atomic mass is 15.0. The van der Waals surface area contributed by atoms with Gasteiger partial charge >= 0.3 is 0 Å². The summed E-state index contributed by atoms with van der Waals surface area (Å²) in [6.45, 7) is 3.09. The van der Waals surface area contributed by atoms with Gasteiger partial charge in [-0.05, 0) is 20.5 Å². The van der Waals surface area contributed by atoms with E-state index in [9.17, 15) is 0 Å². The van der Waals surface area contributed by atoms with E-state index < -0.39 is 0 Å². The van der Waals surface area contributed by atoms with Crippen molar-refractivity contribution in [3.63, 3.8) is 0 Å². The Kier molecular flexibility index (Phi) is 5.50. The number of rotatable bonds is 4. The fourth-order valence-electron chi connectivity index (χ4n) is 0.917. The van der Waals surface area contributed by atoms with Crippen molar-refractivity contribution < 1.29 is 0 Å². The average Bonchev–Trinajstić information content (AvgIpc) is 1.97. The van der Waals surface area contributed by atoms with E-state index in [1.165, 1.54) is 5.57 Å². The van der Waals surface area contributed by atoms with Crippen LogP contribution in [0, 0.1) is 11.3 Å². The molecule has 0 N–H and O–H groups in total. The molecule has 0 aliphatic heterocycles. The highest BCUT2D eigenvalue weighted by Crippen LogP contribution is 2.02. The van der Waals surface area contributed by atoms with Crippen LogP contribution >= 0.6 is 0 Å². The number of likely N-dealkylation sites (N-methyl/N-ethyl adjacent to an activating group) is 1. The first-order valence-electron chi connectivity index (χ1n) is 3.90. The van der Waals surface area contributed by atoms with Crippen molar-refractivity contribution in [2.24, 2.45) is 0 Å². The van der Waals surface area contributed by atoms with Crippen molar-refractivity contribution in [2.45, 2.75) is 19.8 Å². The van der Waals surface area contributed by atoms with E-state index in [4.69, 9.17) is 5.26 Å². The number of hydrogen-bond donors (Lipinski definition) is 0. The van der Waals surface area contributed by atoms with Crippen LogP contribution < -0.4 is 0 Å². The van der Waals surface area contributed by atoms with Gasteiger partial charge in [-0.15, -0.1) is 0 Å². The Labute approximate surface area is 69.1 Å². The molecule has 0 aromatic heterocycles. The molecule has 2 heteroatoms.